The van der Waals surface area contributed by atoms with Crippen molar-refractivity contribution in [2.45, 2.75) is 0 Å². The number of benzene rings is 7. The number of nitrogens with zero attached hydrogens (tertiary/aromatic N) is 3. The van der Waals surface area contributed by atoms with Crippen molar-refractivity contribution in [3.63, 3.8) is 0 Å². The van der Waals surface area contributed by atoms with Crippen LogP contribution in [0.15, 0.2) is 156 Å². The Morgan fingerprint density at radius 3 is 1.94 bits per heavy atom. The van der Waals surface area contributed by atoms with Crippen molar-refractivity contribution in [1.29, 1.82) is 0 Å². The van der Waals surface area contributed by atoms with Gasteiger partial charge in [-0.15, -0.1) is 11.3 Å². The zero-order valence-corrected chi connectivity index (χ0v) is 26.4. The van der Waals surface area contributed by atoms with Gasteiger partial charge in [0.25, 0.3) is 0 Å². The third kappa shape index (κ3) is 4.40. The summed E-state index contributed by atoms with van der Waals surface area (Å²) in [7, 11) is 0. The van der Waals surface area contributed by atoms with Crippen molar-refractivity contribution in [3.05, 3.63) is 152 Å². The molecule has 0 aliphatic heterocycles. The minimum absolute atomic E-state index is 0.623. The van der Waals surface area contributed by atoms with E-state index < -0.39 is 0 Å². The first-order valence-corrected chi connectivity index (χ1v) is 16.7. The summed E-state index contributed by atoms with van der Waals surface area (Å²) in [6, 6.07) is 52.8. The Bertz CT molecular complexity index is 2850. The van der Waals surface area contributed by atoms with E-state index in [0.29, 0.717) is 17.5 Å². The first-order valence-electron chi connectivity index (χ1n) is 15.9. The van der Waals surface area contributed by atoms with Gasteiger partial charge in [0.15, 0.2) is 17.5 Å². The van der Waals surface area contributed by atoms with Crippen molar-refractivity contribution in [2.24, 2.45) is 0 Å². The van der Waals surface area contributed by atoms with Crippen LogP contribution in [0.3, 0.4) is 0 Å². The summed E-state index contributed by atoms with van der Waals surface area (Å²) in [6.07, 6.45) is 0. The predicted octanol–water partition coefficient (Wildman–Crippen LogP) is 12.0. The molecule has 0 radical (unpaired) electrons. The normalized spacial score (nSPS) is 11.8. The summed E-state index contributed by atoms with van der Waals surface area (Å²) in [5.41, 5.74) is 6.87. The standard InChI is InChI=1S/C43H25N3OS/c1-2-9-29-24-30(21-18-26(29)8-1)27-16-19-28(20-17-27)41-44-42(31-22-23-37-35(25-31)32-10-3-5-13-36(32)47-37)46-43(45-41)34-12-7-15-39-40(34)33-11-4-6-14-38(33)48-39/h1-25H. The Morgan fingerprint density at radius 1 is 0.396 bits per heavy atom. The second-order valence-corrected chi connectivity index (χ2v) is 13.1. The zero-order chi connectivity index (χ0) is 31.6. The van der Waals surface area contributed by atoms with E-state index in [1.54, 1.807) is 11.3 Å². The number of rotatable bonds is 4. The number of thiophene rings is 1. The molecule has 4 nitrogen and oxygen atoms in total. The molecule has 10 rings (SSSR count). The van der Waals surface area contributed by atoms with Gasteiger partial charge in [0.2, 0.25) is 0 Å². The fourth-order valence-corrected chi connectivity index (χ4v) is 7.89. The molecule has 3 heterocycles. The van der Waals surface area contributed by atoms with E-state index in [0.717, 1.165) is 44.2 Å². The quantitative estimate of drug-likeness (QED) is 0.194. The highest BCUT2D eigenvalue weighted by Crippen LogP contribution is 2.40. The Kier molecular flexibility index (Phi) is 6.01. The summed E-state index contributed by atoms with van der Waals surface area (Å²) in [4.78, 5) is 15.4. The van der Waals surface area contributed by atoms with Crippen LogP contribution in [-0.4, -0.2) is 15.0 Å². The van der Waals surface area contributed by atoms with E-state index >= 15 is 0 Å². The minimum Gasteiger partial charge on any atom is -0.456 e. The van der Waals surface area contributed by atoms with Gasteiger partial charge in [-0.2, -0.15) is 0 Å². The molecule has 0 spiro atoms. The van der Waals surface area contributed by atoms with Crippen LogP contribution in [0.5, 0.6) is 0 Å². The summed E-state index contributed by atoms with van der Waals surface area (Å²) >= 11 is 1.79. The fourth-order valence-electron chi connectivity index (χ4n) is 6.76. The Morgan fingerprint density at radius 2 is 1.04 bits per heavy atom. The highest BCUT2D eigenvalue weighted by atomic mass is 32.1. The van der Waals surface area contributed by atoms with Crippen LogP contribution < -0.4 is 0 Å². The number of para-hydroxylation sites is 1. The number of aromatic nitrogens is 3. The average molecular weight is 632 g/mol. The van der Waals surface area contributed by atoms with Crippen LogP contribution in [0.2, 0.25) is 0 Å². The molecule has 48 heavy (non-hydrogen) atoms. The maximum absolute atomic E-state index is 6.13. The lowest BCUT2D eigenvalue weighted by molar-refractivity contribution is 0.669. The molecule has 0 fully saturated rings. The number of hydrogen-bond acceptors (Lipinski definition) is 5. The molecule has 0 saturated heterocycles. The minimum atomic E-state index is 0.623. The summed E-state index contributed by atoms with van der Waals surface area (Å²) in [5.74, 6) is 1.91. The van der Waals surface area contributed by atoms with Crippen molar-refractivity contribution in [3.8, 4) is 45.3 Å². The van der Waals surface area contributed by atoms with E-state index in [1.165, 1.54) is 36.5 Å². The number of hydrogen-bond donors (Lipinski definition) is 0. The molecule has 3 aromatic heterocycles. The largest absolute Gasteiger partial charge is 0.456 e. The molecule has 0 aliphatic carbocycles. The third-order valence-electron chi connectivity index (χ3n) is 9.14. The second kappa shape index (κ2) is 10.7. The summed E-state index contributed by atoms with van der Waals surface area (Å²) in [6.45, 7) is 0. The van der Waals surface area contributed by atoms with Crippen molar-refractivity contribution in [1.82, 2.24) is 15.0 Å². The Labute approximate surface area is 279 Å². The van der Waals surface area contributed by atoms with Crippen molar-refractivity contribution >= 4 is 64.2 Å². The van der Waals surface area contributed by atoms with Gasteiger partial charge in [0.1, 0.15) is 11.2 Å². The molecule has 0 bridgehead atoms. The average Bonchev–Trinajstić information content (AvgIpc) is 3.73. The molecule has 0 aliphatic rings. The molecule has 0 atom stereocenters. The smallest absolute Gasteiger partial charge is 0.164 e. The first-order chi connectivity index (χ1) is 23.7. The van der Waals surface area contributed by atoms with E-state index in [-0.39, 0.29) is 0 Å². The predicted molar refractivity (Wildman–Crippen MR) is 199 cm³/mol. The van der Waals surface area contributed by atoms with Crippen molar-refractivity contribution in [2.75, 3.05) is 0 Å². The highest BCUT2D eigenvalue weighted by Gasteiger charge is 2.18. The van der Waals surface area contributed by atoms with E-state index in [4.69, 9.17) is 19.4 Å². The number of furan rings is 1. The SMILES string of the molecule is c1ccc2cc(-c3ccc(-c4nc(-c5ccc6oc7ccccc7c6c5)nc(-c5cccc6sc7ccccc7c56)n4)cc3)ccc2c1. The maximum Gasteiger partial charge on any atom is 0.164 e. The molecule has 0 N–H and O–H groups in total. The summed E-state index contributed by atoms with van der Waals surface area (Å²) < 4.78 is 8.59. The lowest BCUT2D eigenvalue weighted by Gasteiger charge is -2.10. The van der Waals surface area contributed by atoms with Gasteiger partial charge >= 0.3 is 0 Å². The lowest BCUT2D eigenvalue weighted by atomic mass is 10.00. The lowest BCUT2D eigenvalue weighted by Crippen LogP contribution is -2.00. The molecule has 0 saturated carbocycles. The fraction of sp³-hybridized carbons (Fsp3) is 0. The molecular weight excluding hydrogens is 607 g/mol. The van der Waals surface area contributed by atoms with Crippen LogP contribution >= 0.6 is 11.3 Å². The first kappa shape index (κ1) is 27.0. The molecule has 10 aromatic rings. The van der Waals surface area contributed by atoms with Gasteiger partial charge in [-0.05, 0) is 64.4 Å². The molecule has 224 valence electrons. The zero-order valence-electron chi connectivity index (χ0n) is 25.6. The maximum atomic E-state index is 6.13. The molecular formula is C43H25N3OS. The van der Waals surface area contributed by atoms with Gasteiger partial charge in [0.05, 0.1) is 0 Å². The summed E-state index contributed by atoms with van der Waals surface area (Å²) in [5, 5.41) is 6.95. The van der Waals surface area contributed by atoms with Gasteiger partial charge in [0, 0.05) is 47.6 Å². The molecule has 0 unspecified atom stereocenters. The van der Waals surface area contributed by atoms with Crippen LogP contribution in [0.25, 0.3) is 98.2 Å². The topological polar surface area (TPSA) is 51.8 Å². The molecule has 7 aromatic carbocycles. The van der Waals surface area contributed by atoms with Crippen LogP contribution in [-0.2, 0) is 0 Å². The van der Waals surface area contributed by atoms with E-state index in [1.807, 2.05) is 30.3 Å². The van der Waals surface area contributed by atoms with E-state index in [2.05, 4.69) is 121 Å². The monoisotopic (exact) mass is 631 g/mol. The van der Waals surface area contributed by atoms with E-state index in [9.17, 15) is 0 Å². The highest BCUT2D eigenvalue weighted by molar-refractivity contribution is 7.25. The molecule has 5 heteroatoms. The Hall–Kier alpha value is -6.17. The third-order valence-corrected chi connectivity index (χ3v) is 10.3. The number of fused-ring (bicyclic) bond motifs is 7. The second-order valence-electron chi connectivity index (χ2n) is 12.0. The molecule has 0 amide bonds. The van der Waals surface area contributed by atoms with Gasteiger partial charge in [-0.1, -0.05) is 109 Å². The van der Waals surface area contributed by atoms with Crippen LogP contribution in [0.4, 0.5) is 0 Å². The van der Waals surface area contributed by atoms with Crippen molar-refractivity contribution < 1.29 is 4.42 Å². The Balaban J connectivity index is 1.16. The van der Waals surface area contributed by atoms with Gasteiger partial charge in [-0.25, -0.2) is 15.0 Å². The van der Waals surface area contributed by atoms with Gasteiger partial charge < -0.3 is 4.42 Å². The van der Waals surface area contributed by atoms with Gasteiger partial charge in [-0.3, -0.25) is 0 Å². The van der Waals surface area contributed by atoms with Crippen LogP contribution in [0, 0.1) is 0 Å². The van der Waals surface area contributed by atoms with Crippen LogP contribution in [0.1, 0.15) is 0 Å².